The van der Waals surface area contributed by atoms with E-state index in [1.54, 1.807) is 23.9 Å². The molecule has 6 heteroatoms. The average Bonchev–Trinajstić information content (AvgIpc) is 2.36. The molecule has 1 rings (SSSR count). The number of anilines is 1. The Kier molecular flexibility index (Phi) is 5.70. The van der Waals surface area contributed by atoms with E-state index in [0.717, 1.165) is 17.1 Å². The maximum atomic E-state index is 12.0. The van der Waals surface area contributed by atoms with Gasteiger partial charge in [-0.15, -0.1) is 11.8 Å². The molecule has 0 saturated carbocycles. The first-order valence-electron chi connectivity index (χ1n) is 6.23. The zero-order chi connectivity index (χ0) is 14.6. The topological polar surface area (TPSA) is 63.4 Å². The van der Waals surface area contributed by atoms with Gasteiger partial charge in [-0.25, -0.2) is 12.7 Å². The summed E-state index contributed by atoms with van der Waals surface area (Å²) >= 11 is 1.67. The first kappa shape index (κ1) is 16.3. The van der Waals surface area contributed by atoms with Gasteiger partial charge in [0.25, 0.3) is 0 Å². The summed E-state index contributed by atoms with van der Waals surface area (Å²) in [5.41, 5.74) is 6.47. The minimum Gasteiger partial charge on any atom is -0.398 e. The smallest absolute Gasteiger partial charge is 0.242 e. The Labute approximate surface area is 120 Å². The van der Waals surface area contributed by atoms with Crippen molar-refractivity contribution in [2.24, 2.45) is 5.92 Å². The van der Waals surface area contributed by atoms with Crippen molar-refractivity contribution in [3.05, 3.63) is 18.2 Å². The number of hydrogen-bond acceptors (Lipinski definition) is 4. The SMILES string of the molecule is CCC(C)CSc1ccc(S(=O)(=O)N(C)C)cc1N. The quantitative estimate of drug-likeness (QED) is 0.648. The first-order chi connectivity index (χ1) is 8.78. The lowest BCUT2D eigenvalue weighted by Gasteiger charge is -2.14. The fourth-order valence-electron chi connectivity index (χ4n) is 1.38. The molecular formula is C13H22N2O2S2. The van der Waals surface area contributed by atoms with E-state index in [4.69, 9.17) is 5.73 Å². The molecule has 1 aromatic carbocycles. The summed E-state index contributed by atoms with van der Waals surface area (Å²) in [4.78, 5) is 1.18. The van der Waals surface area contributed by atoms with Crippen LogP contribution >= 0.6 is 11.8 Å². The van der Waals surface area contributed by atoms with E-state index in [0.29, 0.717) is 11.6 Å². The molecule has 19 heavy (non-hydrogen) atoms. The maximum absolute atomic E-state index is 12.0. The Balaban J connectivity index is 2.92. The van der Waals surface area contributed by atoms with Crippen LogP contribution in [-0.4, -0.2) is 32.6 Å². The minimum absolute atomic E-state index is 0.239. The van der Waals surface area contributed by atoms with E-state index in [1.165, 1.54) is 24.5 Å². The molecule has 108 valence electrons. The summed E-state index contributed by atoms with van der Waals surface area (Å²) in [6.45, 7) is 4.34. The number of thioether (sulfide) groups is 1. The van der Waals surface area contributed by atoms with Crippen LogP contribution in [0.2, 0.25) is 0 Å². The van der Waals surface area contributed by atoms with Gasteiger partial charge in [0.2, 0.25) is 10.0 Å². The van der Waals surface area contributed by atoms with Crippen LogP contribution in [0.3, 0.4) is 0 Å². The van der Waals surface area contributed by atoms with Gasteiger partial charge in [-0.2, -0.15) is 0 Å². The van der Waals surface area contributed by atoms with E-state index in [1.807, 2.05) is 0 Å². The van der Waals surface area contributed by atoms with Crippen molar-refractivity contribution in [1.82, 2.24) is 4.31 Å². The number of hydrogen-bond donors (Lipinski definition) is 1. The summed E-state index contributed by atoms with van der Waals surface area (Å²) < 4.78 is 25.1. The Morgan fingerprint density at radius 3 is 2.47 bits per heavy atom. The minimum atomic E-state index is -3.41. The molecule has 0 aromatic heterocycles. The van der Waals surface area contributed by atoms with Gasteiger partial charge in [0.1, 0.15) is 0 Å². The Morgan fingerprint density at radius 2 is 2.00 bits per heavy atom. The van der Waals surface area contributed by atoms with Gasteiger partial charge in [0, 0.05) is 30.4 Å². The second-order valence-corrected chi connectivity index (χ2v) is 8.03. The number of benzene rings is 1. The van der Waals surface area contributed by atoms with E-state index in [-0.39, 0.29) is 4.90 Å². The molecule has 1 atom stereocenters. The fourth-order valence-corrected chi connectivity index (χ4v) is 3.41. The molecule has 0 aliphatic heterocycles. The lowest BCUT2D eigenvalue weighted by atomic mass is 10.2. The Hall–Kier alpha value is -0.720. The van der Waals surface area contributed by atoms with E-state index < -0.39 is 10.0 Å². The molecule has 0 radical (unpaired) electrons. The Morgan fingerprint density at radius 1 is 1.37 bits per heavy atom. The highest BCUT2D eigenvalue weighted by atomic mass is 32.2. The van der Waals surface area contributed by atoms with Crippen LogP contribution in [-0.2, 0) is 10.0 Å². The van der Waals surface area contributed by atoms with Gasteiger partial charge >= 0.3 is 0 Å². The number of nitrogen functional groups attached to an aromatic ring is 1. The molecule has 0 amide bonds. The predicted molar refractivity (Wildman–Crippen MR) is 81.9 cm³/mol. The highest BCUT2D eigenvalue weighted by Crippen LogP contribution is 2.29. The summed E-state index contributed by atoms with van der Waals surface area (Å²) in [6.07, 6.45) is 1.12. The van der Waals surface area contributed by atoms with Crippen molar-refractivity contribution in [3.63, 3.8) is 0 Å². The van der Waals surface area contributed by atoms with Gasteiger partial charge < -0.3 is 5.73 Å². The van der Waals surface area contributed by atoms with Crippen LogP contribution in [0, 0.1) is 5.92 Å². The van der Waals surface area contributed by atoms with Crippen LogP contribution in [0.5, 0.6) is 0 Å². The lowest BCUT2D eigenvalue weighted by molar-refractivity contribution is 0.520. The highest BCUT2D eigenvalue weighted by Gasteiger charge is 2.18. The van der Waals surface area contributed by atoms with Crippen LogP contribution in [0.25, 0.3) is 0 Å². The largest absolute Gasteiger partial charge is 0.398 e. The average molecular weight is 302 g/mol. The fraction of sp³-hybridized carbons (Fsp3) is 0.538. The molecule has 0 saturated heterocycles. The molecular weight excluding hydrogens is 280 g/mol. The van der Waals surface area contributed by atoms with Gasteiger partial charge in [-0.05, 0) is 24.1 Å². The summed E-state index contributed by atoms with van der Waals surface area (Å²) in [7, 11) is -0.386. The third-order valence-corrected chi connectivity index (χ3v) is 6.21. The van der Waals surface area contributed by atoms with E-state index in [9.17, 15) is 8.42 Å². The normalized spacial score (nSPS) is 13.7. The zero-order valence-corrected chi connectivity index (χ0v) is 13.5. The Bertz CT molecular complexity index is 527. The molecule has 0 aliphatic carbocycles. The standard InChI is InChI=1S/C13H22N2O2S2/c1-5-10(2)9-18-13-7-6-11(8-12(13)14)19(16,17)15(3)4/h6-8,10H,5,9,14H2,1-4H3. The predicted octanol–water partition coefficient (Wildman–Crippen LogP) is 2.66. The first-order valence-corrected chi connectivity index (χ1v) is 8.66. The summed E-state index contributed by atoms with van der Waals surface area (Å²) in [6, 6.07) is 4.94. The molecule has 1 aromatic rings. The molecule has 0 spiro atoms. The zero-order valence-electron chi connectivity index (χ0n) is 11.9. The third-order valence-electron chi connectivity index (χ3n) is 2.98. The van der Waals surface area contributed by atoms with Crippen molar-refractivity contribution >= 4 is 27.5 Å². The van der Waals surface area contributed by atoms with Gasteiger partial charge in [-0.1, -0.05) is 20.3 Å². The van der Waals surface area contributed by atoms with Gasteiger partial charge in [0.05, 0.1) is 4.90 Å². The second-order valence-electron chi connectivity index (χ2n) is 4.81. The molecule has 0 bridgehead atoms. The molecule has 0 aliphatic rings. The van der Waals surface area contributed by atoms with Gasteiger partial charge in [-0.3, -0.25) is 0 Å². The highest BCUT2D eigenvalue weighted by molar-refractivity contribution is 7.99. The number of nitrogens with two attached hydrogens (primary N) is 1. The second kappa shape index (κ2) is 6.63. The number of nitrogens with zero attached hydrogens (tertiary/aromatic N) is 1. The third kappa shape index (κ3) is 4.12. The van der Waals surface area contributed by atoms with E-state index in [2.05, 4.69) is 13.8 Å². The van der Waals surface area contributed by atoms with Crippen LogP contribution < -0.4 is 5.73 Å². The van der Waals surface area contributed by atoms with Crippen molar-refractivity contribution in [3.8, 4) is 0 Å². The summed E-state index contributed by atoms with van der Waals surface area (Å²) in [5, 5.41) is 0. The van der Waals surface area contributed by atoms with Crippen molar-refractivity contribution in [2.45, 2.75) is 30.1 Å². The maximum Gasteiger partial charge on any atom is 0.242 e. The molecule has 0 heterocycles. The van der Waals surface area contributed by atoms with Crippen molar-refractivity contribution in [1.29, 1.82) is 0 Å². The summed E-state index contributed by atoms with van der Waals surface area (Å²) in [5.74, 6) is 1.61. The molecule has 1 unspecified atom stereocenters. The van der Waals surface area contributed by atoms with Crippen molar-refractivity contribution in [2.75, 3.05) is 25.6 Å². The van der Waals surface area contributed by atoms with Crippen LogP contribution in [0.1, 0.15) is 20.3 Å². The monoisotopic (exact) mass is 302 g/mol. The van der Waals surface area contributed by atoms with Gasteiger partial charge in [0.15, 0.2) is 0 Å². The number of rotatable bonds is 6. The lowest BCUT2D eigenvalue weighted by Crippen LogP contribution is -2.22. The van der Waals surface area contributed by atoms with Crippen LogP contribution in [0.4, 0.5) is 5.69 Å². The van der Waals surface area contributed by atoms with E-state index >= 15 is 0 Å². The molecule has 4 nitrogen and oxygen atoms in total. The number of sulfonamides is 1. The molecule has 0 fully saturated rings. The van der Waals surface area contributed by atoms with Crippen molar-refractivity contribution < 1.29 is 8.42 Å². The van der Waals surface area contributed by atoms with Crippen LogP contribution in [0.15, 0.2) is 28.0 Å². The molecule has 2 N–H and O–H groups in total.